The quantitative estimate of drug-likeness (QED) is 0.120. The molecule has 0 aliphatic carbocycles. The van der Waals surface area contributed by atoms with E-state index in [1.165, 1.54) is 0 Å². The van der Waals surface area contributed by atoms with Gasteiger partial charge in [0.1, 0.15) is 32.2 Å². The number of aliphatic carboxylic acids is 1. The third-order valence-corrected chi connectivity index (χ3v) is 14.2. The van der Waals surface area contributed by atoms with Crippen LogP contribution in [-0.4, -0.2) is 179 Å². The van der Waals surface area contributed by atoms with Gasteiger partial charge in [-0.25, -0.2) is 0 Å². The Hall–Kier alpha value is -6.87. The summed E-state index contributed by atoms with van der Waals surface area (Å²) in [5.74, 6) is 2.40. The molecule has 5 aromatic rings. The highest BCUT2D eigenvalue weighted by atomic mass is 16.6. The zero-order valence-electron chi connectivity index (χ0n) is 42.7. The Morgan fingerprint density at radius 3 is 1.91 bits per heavy atom. The number of anilines is 1. The minimum Gasteiger partial charge on any atom is -0.495 e. The zero-order chi connectivity index (χ0) is 51.4. The molecule has 10 rings (SSSR count). The normalized spacial score (nSPS) is 17.0. The fourth-order valence-electron chi connectivity index (χ4n) is 10.3. The Bertz CT molecular complexity index is 2810. The van der Waals surface area contributed by atoms with E-state index in [-0.39, 0.29) is 36.7 Å². The van der Waals surface area contributed by atoms with Gasteiger partial charge in [0.15, 0.2) is 23.0 Å². The number of hydrogen-bond donors (Lipinski definition) is 1. The Morgan fingerprint density at radius 1 is 0.716 bits per heavy atom. The summed E-state index contributed by atoms with van der Waals surface area (Å²) in [4.78, 5) is 66.0. The van der Waals surface area contributed by atoms with Gasteiger partial charge in [-0.15, -0.1) is 0 Å². The molecule has 5 aliphatic heterocycles. The number of nitrogens with zero attached hydrogens (tertiary/aromatic N) is 10. The molecule has 0 aromatic carbocycles. The van der Waals surface area contributed by atoms with Crippen molar-refractivity contribution in [3.05, 3.63) is 100 Å². The SMILES string of the molecule is CCOC(=O)CN(Cc1cc2c(cn1)OCCO2)C1CCN(CCN2CC=Cc3ncc(OC)cc32)CC1.Cc1cnc2ccc(=O)n(CCN3CCC(N(CC(=O)O)Cc4cc5c(cn4)OCCO5)CC3)c2c1. The number of likely N-dealkylation sites (tertiary alicyclic amines) is 2. The summed E-state index contributed by atoms with van der Waals surface area (Å²) in [5, 5.41) is 9.52. The number of methoxy groups -OCH3 is 1. The summed E-state index contributed by atoms with van der Waals surface area (Å²) < 4.78 is 35.0. The number of piperidine rings is 2. The average molecular weight is 1020 g/mol. The number of carbonyl (C=O) groups excluding carboxylic acids is 1. The number of aryl methyl sites for hydroxylation is 1. The van der Waals surface area contributed by atoms with Crippen LogP contribution >= 0.6 is 0 Å². The lowest BCUT2D eigenvalue weighted by Crippen LogP contribution is -2.48. The van der Waals surface area contributed by atoms with Gasteiger partial charge in [0.25, 0.3) is 5.56 Å². The van der Waals surface area contributed by atoms with E-state index in [9.17, 15) is 19.5 Å². The first-order chi connectivity index (χ1) is 36.1. The van der Waals surface area contributed by atoms with Crippen LogP contribution in [0.4, 0.5) is 5.69 Å². The fraction of sp³-hybridized carbons (Fsp3) is 0.500. The molecule has 0 unspecified atom stereocenters. The van der Waals surface area contributed by atoms with Gasteiger partial charge in [0.05, 0.1) is 79.2 Å². The van der Waals surface area contributed by atoms with Crippen molar-refractivity contribution in [1.82, 2.24) is 44.1 Å². The molecule has 5 aromatic heterocycles. The molecule has 0 amide bonds. The Morgan fingerprint density at radius 2 is 1.31 bits per heavy atom. The second-order valence-electron chi connectivity index (χ2n) is 19.2. The lowest BCUT2D eigenvalue weighted by molar-refractivity contribution is -0.145. The van der Waals surface area contributed by atoms with E-state index in [0.29, 0.717) is 75.7 Å². The summed E-state index contributed by atoms with van der Waals surface area (Å²) >= 11 is 0. The van der Waals surface area contributed by atoms with Gasteiger partial charge in [-0.3, -0.25) is 44.1 Å². The van der Waals surface area contributed by atoms with Crippen LogP contribution in [0.1, 0.15) is 55.3 Å². The summed E-state index contributed by atoms with van der Waals surface area (Å²) in [6.07, 6.45) is 14.8. The molecular weight excluding hydrogens is 949 g/mol. The number of carboxylic acids is 1. The maximum atomic E-state index is 12.6. The monoisotopic (exact) mass is 1020 g/mol. The minimum atomic E-state index is -0.853. The summed E-state index contributed by atoms with van der Waals surface area (Å²) in [6.45, 7) is 15.2. The summed E-state index contributed by atoms with van der Waals surface area (Å²) in [7, 11) is 1.67. The number of carboxylic acid groups (broad SMARTS) is 1. The number of carbonyl (C=O) groups is 2. The maximum absolute atomic E-state index is 12.6. The first kappa shape index (κ1) is 52.0. The molecule has 2 fully saturated rings. The predicted molar refractivity (Wildman–Crippen MR) is 277 cm³/mol. The van der Waals surface area contributed by atoms with Crippen molar-refractivity contribution in [1.29, 1.82) is 0 Å². The topological polar surface area (TPSA) is 200 Å². The molecule has 394 valence electrons. The van der Waals surface area contributed by atoms with E-state index in [2.05, 4.69) is 57.8 Å². The minimum absolute atomic E-state index is 0.0238. The summed E-state index contributed by atoms with van der Waals surface area (Å²) in [6, 6.07) is 11.6. The van der Waals surface area contributed by atoms with Crippen LogP contribution < -0.4 is 34.1 Å². The molecule has 20 nitrogen and oxygen atoms in total. The molecule has 0 saturated carbocycles. The maximum Gasteiger partial charge on any atom is 0.320 e. The fourth-order valence-corrected chi connectivity index (χ4v) is 10.3. The van der Waals surface area contributed by atoms with Crippen molar-refractivity contribution in [2.75, 3.05) is 110 Å². The molecular formula is C54H68N10O10. The molecule has 0 bridgehead atoms. The lowest BCUT2D eigenvalue weighted by atomic mass is 10.0. The molecule has 0 spiro atoms. The summed E-state index contributed by atoms with van der Waals surface area (Å²) in [5.41, 5.74) is 6.40. The van der Waals surface area contributed by atoms with E-state index < -0.39 is 5.97 Å². The number of pyridine rings is 5. The molecule has 1 N–H and O–H groups in total. The average Bonchev–Trinajstić information content (AvgIpc) is 3.42. The number of fused-ring (bicyclic) bond motifs is 4. The molecule has 2 saturated heterocycles. The molecule has 0 radical (unpaired) electrons. The van der Waals surface area contributed by atoms with Crippen molar-refractivity contribution in [3.8, 4) is 28.7 Å². The van der Waals surface area contributed by atoms with Crippen molar-refractivity contribution in [2.24, 2.45) is 0 Å². The Kier molecular flexibility index (Phi) is 17.5. The standard InChI is InChI=1S/C28H37N5O5.C26H31N5O5/c1-3-36-28(34)20-33(19-21-15-26-27(18-29-21)38-14-13-37-26)22-6-9-31(10-7-22)11-12-32-8-4-5-24-25(32)16-23(35-2)17-30-24;1-18-12-22-21(28-14-18)2-3-25(32)31(22)9-8-29-6-4-20(5-7-29)30(17-26(33)34)16-19-13-23-24(15-27-19)36-11-10-35-23/h4-5,15-18,22H,3,6-14,19-20H2,1-2H3;2-3,12-15,20H,4-11,16-17H2,1H3,(H,33,34). The van der Waals surface area contributed by atoms with Gasteiger partial charge in [0, 0.05) is 88.4 Å². The van der Waals surface area contributed by atoms with Gasteiger partial charge < -0.3 is 52.8 Å². The van der Waals surface area contributed by atoms with Crippen molar-refractivity contribution < 1.29 is 43.1 Å². The number of esters is 1. The second-order valence-corrected chi connectivity index (χ2v) is 19.2. The van der Waals surface area contributed by atoms with Crippen LogP contribution in [0.15, 0.2) is 72.1 Å². The molecule has 5 aliphatic rings. The first-order valence-electron chi connectivity index (χ1n) is 25.8. The number of rotatable bonds is 18. The van der Waals surface area contributed by atoms with Gasteiger partial charge in [-0.05, 0) is 89.5 Å². The van der Waals surface area contributed by atoms with Crippen LogP contribution in [-0.2, 0) is 34.0 Å². The van der Waals surface area contributed by atoms with E-state index in [1.54, 1.807) is 42.4 Å². The lowest BCUT2D eigenvalue weighted by Gasteiger charge is -2.39. The van der Waals surface area contributed by atoms with Crippen molar-refractivity contribution >= 4 is 34.7 Å². The first-order valence-corrected chi connectivity index (χ1v) is 25.8. The van der Waals surface area contributed by atoms with Crippen LogP contribution in [0.3, 0.4) is 0 Å². The van der Waals surface area contributed by atoms with Crippen LogP contribution in [0.5, 0.6) is 28.7 Å². The van der Waals surface area contributed by atoms with Crippen LogP contribution in [0, 0.1) is 6.92 Å². The number of hydrogen-bond acceptors (Lipinski definition) is 18. The van der Waals surface area contributed by atoms with E-state index in [1.807, 2.05) is 43.1 Å². The highest BCUT2D eigenvalue weighted by Gasteiger charge is 2.30. The largest absolute Gasteiger partial charge is 0.495 e. The second kappa shape index (κ2) is 24.9. The van der Waals surface area contributed by atoms with E-state index in [4.69, 9.17) is 28.4 Å². The van der Waals surface area contributed by atoms with Gasteiger partial charge >= 0.3 is 11.9 Å². The zero-order valence-corrected chi connectivity index (χ0v) is 42.7. The third kappa shape index (κ3) is 13.4. The van der Waals surface area contributed by atoms with Crippen LogP contribution in [0.25, 0.3) is 17.1 Å². The Balaban J connectivity index is 0.000000182. The van der Waals surface area contributed by atoms with Crippen LogP contribution in [0.2, 0.25) is 0 Å². The van der Waals surface area contributed by atoms with Gasteiger partial charge in [0.2, 0.25) is 0 Å². The number of aromatic nitrogens is 5. The van der Waals surface area contributed by atoms with Crippen molar-refractivity contribution in [2.45, 2.75) is 71.2 Å². The third-order valence-electron chi connectivity index (χ3n) is 14.2. The van der Waals surface area contributed by atoms with Gasteiger partial charge in [-0.2, -0.15) is 0 Å². The molecule has 10 heterocycles. The number of ether oxygens (including phenoxy) is 6. The Labute approximate surface area is 431 Å². The van der Waals surface area contributed by atoms with Crippen molar-refractivity contribution in [3.63, 3.8) is 0 Å². The van der Waals surface area contributed by atoms with E-state index in [0.717, 1.165) is 123 Å². The van der Waals surface area contributed by atoms with Gasteiger partial charge in [-0.1, -0.05) is 6.08 Å². The smallest absolute Gasteiger partial charge is 0.320 e. The highest BCUT2D eigenvalue weighted by molar-refractivity contribution is 5.75. The molecule has 74 heavy (non-hydrogen) atoms. The molecule has 0 atom stereocenters. The molecule has 20 heteroatoms. The predicted octanol–water partition coefficient (Wildman–Crippen LogP) is 4.54. The van der Waals surface area contributed by atoms with E-state index >= 15 is 0 Å². The highest BCUT2D eigenvalue weighted by Crippen LogP contribution is 2.33.